The Bertz CT molecular complexity index is 959. The summed E-state index contributed by atoms with van der Waals surface area (Å²) >= 11 is 0. The second kappa shape index (κ2) is 7.76. The molecular formula is C20H24F3N3O3S. The van der Waals surface area contributed by atoms with Crippen LogP contribution in [0, 0.1) is 16.7 Å². The quantitative estimate of drug-likeness (QED) is 0.688. The molecule has 6 nitrogen and oxygen atoms in total. The van der Waals surface area contributed by atoms with Gasteiger partial charge in [0.1, 0.15) is 0 Å². The van der Waals surface area contributed by atoms with Crippen LogP contribution in [0.4, 0.5) is 18.9 Å². The second-order valence-electron chi connectivity index (χ2n) is 8.31. The number of amides is 1. The van der Waals surface area contributed by atoms with E-state index in [1.165, 1.54) is 0 Å². The number of nitrogens with one attached hydrogen (secondary N) is 2. The molecule has 3 aliphatic carbocycles. The Morgan fingerprint density at radius 1 is 1.17 bits per heavy atom. The fraction of sp³-hybridized carbons (Fsp3) is 0.600. The van der Waals surface area contributed by atoms with Crippen molar-refractivity contribution in [2.75, 3.05) is 10.5 Å². The summed E-state index contributed by atoms with van der Waals surface area (Å²) in [6, 6.07) is 4.81. The van der Waals surface area contributed by atoms with Crippen molar-refractivity contribution < 1.29 is 26.4 Å². The van der Waals surface area contributed by atoms with E-state index in [0.717, 1.165) is 12.1 Å². The number of carbonyl (C=O) groups is 1. The van der Waals surface area contributed by atoms with Gasteiger partial charge in [0.15, 0.2) is 0 Å². The standard InChI is InChI=1S/C20H24F3N3O3S/c1-2-11-30(28,29)26-16-12-14(20(21,22)23)3-4-15(16)17(27)25-19-8-5-18(13-24,6-9-19)7-10-19/h3-4,12,26H,2,5-11H2,1H3,(H,25,27). The lowest BCUT2D eigenvalue weighted by Crippen LogP contribution is -2.56. The topological polar surface area (TPSA) is 99.1 Å². The van der Waals surface area contributed by atoms with E-state index in [4.69, 9.17) is 0 Å². The van der Waals surface area contributed by atoms with Crippen LogP contribution in [0.3, 0.4) is 0 Å². The van der Waals surface area contributed by atoms with E-state index in [-0.39, 0.29) is 28.8 Å². The molecule has 3 saturated carbocycles. The molecule has 3 aliphatic rings. The minimum absolute atomic E-state index is 0.153. The van der Waals surface area contributed by atoms with Crippen molar-refractivity contribution >= 4 is 21.6 Å². The van der Waals surface area contributed by atoms with E-state index in [1.54, 1.807) is 6.92 Å². The molecule has 0 radical (unpaired) electrons. The smallest absolute Gasteiger partial charge is 0.347 e. The third kappa shape index (κ3) is 4.56. The largest absolute Gasteiger partial charge is 0.416 e. The summed E-state index contributed by atoms with van der Waals surface area (Å²) in [5, 5.41) is 12.3. The number of nitriles is 1. The monoisotopic (exact) mass is 443 g/mol. The molecule has 1 aromatic carbocycles. The summed E-state index contributed by atoms with van der Waals surface area (Å²) in [5.41, 5.74) is -2.44. The first kappa shape index (κ1) is 22.4. The number of fused-ring (bicyclic) bond motifs is 3. The van der Waals surface area contributed by atoms with Gasteiger partial charge in [-0.15, -0.1) is 0 Å². The van der Waals surface area contributed by atoms with Crippen molar-refractivity contribution in [3.05, 3.63) is 29.3 Å². The maximum Gasteiger partial charge on any atom is 0.416 e. The summed E-state index contributed by atoms with van der Waals surface area (Å²) in [4.78, 5) is 13.0. The highest BCUT2D eigenvalue weighted by Gasteiger charge is 2.49. The second-order valence-corrected chi connectivity index (χ2v) is 10.1. The molecule has 0 spiro atoms. The number of nitrogens with zero attached hydrogens (tertiary/aromatic N) is 1. The summed E-state index contributed by atoms with van der Waals surface area (Å²) in [6.07, 6.45) is -0.574. The van der Waals surface area contributed by atoms with Crippen LogP contribution in [0.15, 0.2) is 18.2 Å². The number of hydrogen-bond acceptors (Lipinski definition) is 4. The van der Waals surface area contributed by atoms with Crippen molar-refractivity contribution in [1.82, 2.24) is 5.32 Å². The molecule has 0 heterocycles. The number of sulfonamides is 1. The Kier molecular flexibility index (Phi) is 5.80. The van der Waals surface area contributed by atoms with Crippen LogP contribution in [0.1, 0.15) is 67.8 Å². The Hall–Kier alpha value is -2.28. The molecule has 2 N–H and O–H groups in total. The lowest BCUT2D eigenvalue weighted by atomic mass is 9.58. The normalized spacial score (nSPS) is 26.1. The number of halogens is 3. The first-order valence-electron chi connectivity index (χ1n) is 9.89. The van der Waals surface area contributed by atoms with Crippen LogP contribution in [0.2, 0.25) is 0 Å². The molecule has 1 amide bonds. The molecule has 0 atom stereocenters. The van der Waals surface area contributed by atoms with Gasteiger partial charge in [0, 0.05) is 5.54 Å². The van der Waals surface area contributed by atoms with Crippen molar-refractivity contribution in [3.8, 4) is 6.07 Å². The number of hydrogen-bond donors (Lipinski definition) is 2. The molecule has 2 bridgehead atoms. The predicted molar refractivity (Wildman–Crippen MR) is 105 cm³/mol. The van der Waals surface area contributed by atoms with Crippen LogP contribution in [-0.4, -0.2) is 25.6 Å². The van der Waals surface area contributed by atoms with Gasteiger partial charge < -0.3 is 5.32 Å². The van der Waals surface area contributed by atoms with E-state index in [9.17, 15) is 31.6 Å². The highest BCUT2D eigenvalue weighted by Crippen LogP contribution is 2.52. The maximum atomic E-state index is 13.1. The molecule has 0 saturated heterocycles. The fourth-order valence-electron chi connectivity index (χ4n) is 4.34. The molecule has 0 aromatic heterocycles. The van der Waals surface area contributed by atoms with Gasteiger partial charge in [-0.05, 0) is 63.1 Å². The van der Waals surface area contributed by atoms with Crippen LogP contribution >= 0.6 is 0 Å². The Balaban J connectivity index is 1.89. The number of anilines is 1. The van der Waals surface area contributed by atoms with E-state index in [1.807, 2.05) is 0 Å². The third-order valence-corrected chi connectivity index (χ3v) is 7.67. The van der Waals surface area contributed by atoms with Crippen molar-refractivity contribution in [2.45, 2.75) is 63.6 Å². The van der Waals surface area contributed by atoms with Crippen molar-refractivity contribution in [1.29, 1.82) is 5.26 Å². The third-order valence-electron chi connectivity index (χ3n) is 6.19. The molecule has 0 aliphatic heterocycles. The maximum absolute atomic E-state index is 13.1. The highest BCUT2D eigenvalue weighted by molar-refractivity contribution is 7.92. The van der Waals surface area contributed by atoms with E-state index >= 15 is 0 Å². The number of benzene rings is 1. The molecule has 3 fully saturated rings. The van der Waals surface area contributed by atoms with E-state index in [0.29, 0.717) is 44.6 Å². The van der Waals surface area contributed by atoms with Gasteiger partial charge in [-0.1, -0.05) is 6.92 Å². The van der Waals surface area contributed by atoms with Gasteiger partial charge in [-0.2, -0.15) is 18.4 Å². The Labute approximate surface area is 173 Å². The molecule has 30 heavy (non-hydrogen) atoms. The molecule has 4 rings (SSSR count). The average Bonchev–Trinajstić information content (AvgIpc) is 2.68. The SMILES string of the molecule is CCCS(=O)(=O)Nc1cc(C(F)(F)F)ccc1C(=O)NC12CCC(C#N)(CC1)CC2. The van der Waals surface area contributed by atoms with Crippen LogP contribution in [0.25, 0.3) is 0 Å². The van der Waals surface area contributed by atoms with Gasteiger partial charge in [0.05, 0.1) is 34.1 Å². The first-order chi connectivity index (χ1) is 13.9. The minimum Gasteiger partial charge on any atom is -0.347 e. The minimum atomic E-state index is -4.67. The lowest BCUT2D eigenvalue weighted by molar-refractivity contribution is -0.137. The van der Waals surface area contributed by atoms with Gasteiger partial charge >= 0.3 is 6.18 Å². The van der Waals surface area contributed by atoms with Gasteiger partial charge in [-0.25, -0.2) is 8.42 Å². The van der Waals surface area contributed by atoms with Crippen LogP contribution < -0.4 is 10.0 Å². The van der Waals surface area contributed by atoms with Crippen LogP contribution in [-0.2, 0) is 16.2 Å². The fourth-order valence-corrected chi connectivity index (χ4v) is 5.48. The number of alkyl halides is 3. The van der Waals surface area contributed by atoms with Crippen molar-refractivity contribution in [2.24, 2.45) is 5.41 Å². The molecule has 1 aromatic rings. The zero-order valence-electron chi connectivity index (χ0n) is 16.6. The van der Waals surface area contributed by atoms with Crippen molar-refractivity contribution in [3.63, 3.8) is 0 Å². The average molecular weight is 443 g/mol. The summed E-state index contributed by atoms with van der Waals surface area (Å²) in [7, 11) is -3.89. The van der Waals surface area contributed by atoms with Crippen LogP contribution in [0.5, 0.6) is 0 Å². The summed E-state index contributed by atoms with van der Waals surface area (Å²) in [6.45, 7) is 1.63. The zero-order valence-corrected chi connectivity index (χ0v) is 17.4. The first-order valence-corrected chi connectivity index (χ1v) is 11.5. The van der Waals surface area contributed by atoms with E-state index in [2.05, 4.69) is 16.1 Å². The highest BCUT2D eigenvalue weighted by atomic mass is 32.2. The van der Waals surface area contributed by atoms with E-state index < -0.39 is 33.2 Å². The lowest BCUT2D eigenvalue weighted by Gasteiger charge is -2.50. The number of rotatable bonds is 6. The van der Waals surface area contributed by atoms with Gasteiger partial charge in [0.2, 0.25) is 10.0 Å². The number of carbonyl (C=O) groups excluding carboxylic acids is 1. The summed E-state index contributed by atoms with van der Waals surface area (Å²) in [5.74, 6) is -0.894. The van der Waals surface area contributed by atoms with Gasteiger partial charge in [0.25, 0.3) is 5.91 Å². The molecule has 0 unspecified atom stereocenters. The Morgan fingerprint density at radius 3 is 2.27 bits per heavy atom. The molecular weight excluding hydrogens is 419 g/mol. The van der Waals surface area contributed by atoms with Gasteiger partial charge in [-0.3, -0.25) is 9.52 Å². The Morgan fingerprint density at radius 2 is 1.77 bits per heavy atom. The zero-order chi connectivity index (χ0) is 22.2. The summed E-state index contributed by atoms with van der Waals surface area (Å²) < 4.78 is 65.9. The molecule has 164 valence electrons. The molecule has 10 heteroatoms. The predicted octanol–water partition coefficient (Wildman–Crippen LogP) is 4.20.